The summed E-state index contributed by atoms with van der Waals surface area (Å²) in [7, 11) is 0. The van der Waals surface area contributed by atoms with Crippen LogP contribution in [0.4, 0.5) is 0 Å². The standard InChI is InChI=1S/C9H15NO/c1-9(4-7-11)8-10-5-2-3-6-10/h2-3,5-6,9,11H,4,7-8H2,1H3. The van der Waals surface area contributed by atoms with E-state index in [0.717, 1.165) is 13.0 Å². The Morgan fingerprint density at radius 1 is 1.36 bits per heavy atom. The molecule has 1 N–H and O–H groups in total. The highest BCUT2D eigenvalue weighted by Gasteiger charge is 2.00. The largest absolute Gasteiger partial charge is 0.396 e. The van der Waals surface area contributed by atoms with Crippen molar-refractivity contribution in [2.75, 3.05) is 6.61 Å². The van der Waals surface area contributed by atoms with Crippen LogP contribution in [0.15, 0.2) is 24.5 Å². The van der Waals surface area contributed by atoms with E-state index in [2.05, 4.69) is 11.5 Å². The molecule has 0 aliphatic carbocycles. The van der Waals surface area contributed by atoms with Crippen molar-refractivity contribution in [2.24, 2.45) is 5.92 Å². The molecule has 1 rings (SSSR count). The summed E-state index contributed by atoms with van der Waals surface area (Å²) in [6, 6.07) is 4.04. The van der Waals surface area contributed by atoms with Crippen LogP contribution < -0.4 is 0 Å². The molecule has 0 aromatic carbocycles. The van der Waals surface area contributed by atoms with Gasteiger partial charge in [0.05, 0.1) is 0 Å². The molecule has 0 aliphatic heterocycles. The Morgan fingerprint density at radius 2 is 2.00 bits per heavy atom. The second kappa shape index (κ2) is 4.19. The van der Waals surface area contributed by atoms with Crippen molar-refractivity contribution in [1.29, 1.82) is 0 Å². The predicted octanol–water partition coefficient (Wildman–Crippen LogP) is 1.51. The van der Waals surface area contributed by atoms with Crippen molar-refractivity contribution < 1.29 is 5.11 Å². The maximum absolute atomic E-state index is 8.66. The Kier molecular flexibility index (Phi) is 3.17. The van der Waals surface area contributed by atoms with Gasteiger partial charge in [-0.3, -0.25) is 0 Å². The summed E-state index contributed by atoms with van der Waals surface area (Å²) in [6.45, 7) is 3.45. The zero-order chi connectivity index (χ0) is 8.10. The van der Waals surface area contributed by atoms with Crippen LogP contribution in [0.5, 0.6) is 0 Å². The lowest BCUT2D eigenvalue weighted by Crippen LogP contribution is -2.07. The molecule has 1 heterocycles. The first-order valence-corrected chi connectivity index (χ1v) is 4.04. The third kappa shape index (κ3) is 2.76. The van der Waals surface area contributed by atoms with E-state index in [9.17, 15) is 0 Å². The second-order valence-corrected chi connectivity index (χ2v) is 3.00. The van der Waals surface area contributed by atoms with Crippen LogP contribution in [0.25, 0.3) is 0 Å². The summed E-state index contributed by atoms with van der Waals surface area (Å²) in [4.78, 5) is 0. The van der Waals surface area contributed by atoms with Crippen molar-refractivity contribution in [2.45, 2.75) is 19.9 Å². The van der Waals surface area contributed by atoms with E-state index in [1.165, 1.54) is 0 Å². The molecule has 2 heteroatoms. The van der Waals surface area contributed by atoms with Crippen LogP contribution in [0.1, 0.15) is 13.3 Å². The average Bonchev–Trinajstić information content (AvgIpc) is 2.40. The number of aliphatic hydroxyl groups is 1. The van der Waals surface area contributed by atoms with Crippen LogP contribution in [-0.2, 0) is 6.54 Å². The second-order valence-electron chi connectivity index (χ2n) is 3.00. The van der Waals surface area contributed by atoms with E-state index in [4.69, 9.17) is 5.11 Å². The fourth-order valence-electron chi connectivity index (χ4n) is 1.16. The SMILES string of the molecule is CC(CCO)Cn1cccc1. The molecule has 0 aliphatic rings. The lowest BCUT2D eigenvalue weighted by molar-refractivity contribution is 0.254. The first-order chi connectivity index (χ1) is 5.33. The van der Waals surface area contributed by atoms with E-state index >= 15 is 0 Å². The Hall–Kier alpha value is -0.760. The van der Waals surface area contributed by atoms with Gasteiger partial charge in [-0.2, -0.15) is 0 Å². The van der Waals surface area contributed by atoms with E-state index < -0.39 is 0 Å². The van der Waals surface area contributed by atoms with Crippen LogP contribution >= 0.6 is 0 Å². The van der Waals surface area contributed by atoms with Crippen molar-refractivity contribution in [1.82, 2.24) is 4.57 Å². The predicted molar refractivity (Wildman–Crippen MR) is 45.3 cm³/mol. The molecule has 0 fully saturated rings. The van der Waals surface area contributed by atoms with Crippen molar-refractivity contribution in [3.05, 3.63) is 24.5 Å². The first kappa shape index (κ1) is 8.34. The molecule has 1 unspecified atom stereocenters. The Labute approximate surface area is 67.5 Å². The zero-order valence-electron chi connectivity index (χ0n) is 6.90. The van der Waals surface area contributed by atoms with Gasteiger partial charge in [0.2, 0.25) is 0 Å². The smallest absolute Gasteiger partial charge is 0.0434 e. The number of aromatic nitrogens is 1. The summed E-state index contributed by atoms with van der Waals surface area (Å²) >= 11 is 0. The van der Waals surface area contributed by atoms with E-state index in [1.54, 1.807) is 0 Å². The van der Waals surface area contributed by atoms with Gasteiger partial charge in [0.15, 0.2) is 0 Å². The summed E-state index contributed by atoms with van der Waals surface area (Å²) in [5, 5.41) is 8.66. The normalized spacial score (nSPS) is 13.3. The van der Waals surface area contributed by atoms with Gasteiger partial charge in [-0.1, -0.05) is 6.92 Å². The maximum atomic E-state index is 8.66. The van der Waals surface area contributed by atoms with Gasteiger partial charge in [0.1, 0.15) is 0 Å². The molecule has 1 aromatic heterocycles. The molecule has 0 saturated heterocycles. The minimum absolute atomic E-state index is 0.294. The monoisotopic (exact) mass is 153 g/mol. The molecule has 62 valence electrons. The molecule has 2 nitrogen and oxygen atoms in total. The fourth-order valence-corrected chi connectivity index (χ4v) is 1.16. The van der Waals surface area contributed by atoms with Gasteiger partial charge in [-0.15, -0.1) is 0 Å². The molecular weight excluding hydrogens is 138 g/mol. The van der Waals surface area contributed by atoms with Gasteiger partial charge in [-0.25, -0.2) is 0 Å². The summed E-state index contributed by atoms with van der Waals surface area (Å²) in [5.74, 6) is 0.562. The topological polar surface area (TPSA) is 25.2 Å². The lowest BCUT2D eigenvalue weighted by atomic mass is 10.1. The third-order valence-electron chi connectivity index (χ3n) is 1.81. The molecule has 11 heavy (non-hydrogen) atoms. The maximum Gasteiger partial charge on any atom is 0.0434 e. The van der Waals surface area contributed by atoms with Gasteiger partial charge in [-0.05, 0) is 24.5 Å². The molecule has 1 aromatic rings. The number of hydrogen-bond acceptors (Lipinski definition) is 1. The van der Waals surface area contributed by atoms with Crippen molar-refractivity contribution >= 4 is 0 Å². The average molecular weight is 153 g/mol. The Balaban J connectivity index is 2.31. The van der Waals surface area contributed by atoms with E-state index in [0.29, 0.717) is 12.5 Å². The zero-order valence-corrected chi connectivity index (χ0v) is 6.90. The van der Waals surface area contributed by atoms with E-state index in [-0.39, 0.29) is 0 Å². The van der Waals surface area contributed by atoms with Gasteiger partial charge in [0.25, 0.3) is 0 Å². The number of hydrogen-bond donors (Lipinski definition) is 1. The van der Waals surface area contributed by atoms with Crippen LogP contribution in [-0.4, -0.2) is 16.3 Å². The third-order valence-corrected chi connectivity index (χ3v) is 1.81. The van der Waals surface area contributed by atoms with Crippen LogP contribution in [0.3, 0.4) is 0 Å². The summed E-state index contributed by atoms with van der Waals surface area (Å²) < 4.78 is 2.14. The highest BCUT2D eigenvalue weighted by Crippen LogP contribution is 2.04. The van der Waals surface area contributed by atoms with Gasteiger partial charge < -0.3 is 9.67 Å². The minimum atomic E-state index is 0.294. The fraction of sp³-hybridized carbons (Fsp3) is 0.556. The van der Waals surface area contributed by atoms with Crippen LogP contribution in [0, 0.1) is 5.92 Å². The summed E-state index contributed by atoms with van der Waals surface area (Å²) in [6.07, 6.45) is 4.99. The molecular formula is C9H15NO. The number of rotatable bonds is 4. The van der Waals surface area contributed by atoms with Crippen LogP contribution in [0.2, 0.25) is 0 Å². The summed E-state index contributed by atoms with van der Waals surface area (Å²) in [5.41, 5.74) is 0. The molecule has 0 bridgehead atoms. The number of aliphatic hydroxyl groups excluding tert-OH is 1. The highest BCUT2D eigenvalue weighted by atomic mass is 16.3. The first-order valence-electron chi connectivity index (χ1n) is 4.04. The van der Waals surface area contributed by atoms with Crippen molar-refractivity contribution in [3.8, 4) is 0 Å². The Morgan fingerprint density at radius 3 is 2.55 bits per heavy atom. The molecule has 0 amide bonds. The van der Waals surface area contributed by atoms with E-state index in [1.807, 2.05) is 24.5 Å². The number of nitrogens with zero attached hydrogens (tertiary/aromatic N) is 1. The molecule has 0 radical (unpaired) electrons. The Bertz CT molecular complexity index is 181. The highest BCUT2D eigenvalue weighted by molar-refractivity contribution is 4.90. The molecule has 0 saturated carbocycles. The minimum Gasteiger partial charge on any atom is -0.396 e. The van der Waals surface area contributed by atoms with Crippen molar-refractivity contribution in [3.63, 3.8) is 0 Å². The lowest BCUT2D eigenvalue weighted by Gasteiger charge is -2.09. The molecule has 0 spiro atoms. The van der Waals surface area contributed by atoms with Gasteiger partial charge in [0, 0.05) is 25.5 Å². The molecule has 1 atom stereocenters. The van der Waals surface area contributed by atoms with Gasteiger partial charge >= 0.3 is 0 Å². The quantitative estimate of drug-likeness (QED) is 0.696.